The molecule has 0 saturated carbocycles. The van der Waals surface area contributed by atoms with Crippen LogP contribution in [0, 0.1) is 0 Å². The molecule has 0 spiro atoms. The Bertz CT molecular complexity index is 469. The third kappa shape index (κ3) is 2.77. The van der Waals surface area contributed by atoms with Crippen molar-refractivity contribution in [1.82, 2.24) is 5.32 Å². The number of anilines is 1. The van der Waals surface area contributed by atoms with Crippen LogP contribution in [-0.4, -0.2) is 25.5 Å². The molecule has 4 heteroatoms. The number of halogens is 1. The predicted octanol–water partition coefficient (Wildman–Crippen LogP) is 2.48. The van der Waals surface area contributed by atoms with Gasteiger partial charge in [0, 0.05) is 19.2 Å². The molecule has 1 N–H and O–H groups in total. The van der Waals surface area contributed by atoms with Gasteiger partial charge < -0.3 is 10.2 Å². The number of piperidine rings is 1. The first-order valence-electron chi connectivity index (χ1n) is 6.87. The molecule has 0 aromatic heterocycles. The molecule has 0 bridgehead atoms. The summed E-state index contributed by atoms with van der Waals surface area (Å²) in [7, 11) is 0. The number of fused-ring (bicyclic) bond motifs is 1. The van der Waals surface area contributed by atoms with Gasteiger partial charge in [-0.2, -0.15) is 0 Å². The minimum Gasteiger partial charge on any atom is -0.317 e. The number of nitrogens with one attached hydrogen (secondary N) is 1. The number of amides is 1. The van der Waals surface area contributed by atoms with Crippen LogP contribution in [0.1, 0.15) is 36.8 Å². The zero-order chi connectivity index (χ0) is 12.5. The molecule has 104 valence electrons. The highest BCUT2D eigenvalue weighted by Crippen LogP contribution is 2.33. The predicted molar refractivity (Wildman–Crippen MR) is 80.3 cm³/mol. The Morgan fingerprint density at radius 2 is 2.05 bits per heavy atom. The Morgan fingerprint density at radius 1 is 1.32 bits per heavy atom. The molecule has 1 fully saturated rings. The van der Waals surface area contributed by atoms with Gasteiger partial charge >= 0.3 is 0 Å². The SMILES string of the molecule is CC(=O)N1CCc2cc(C3CCNCC3)ccc21.Cl. The zero-order valence-electron chi connectivity index (χ0n) is 11.3. The summed E-state index contributed by atoms with van der Waals surface area (Å²) in [6, 6.07) is 6.69. The molecule has 1 aromatic rings. The standard InChI is InChI=1S/C15H20N2O.ClH/c1-11(18)17-9-6-14-10-13(2-3-15(14)17)12-4-7-16-8-5-12;/h2-3,10,12,16H,4-9H2,1H3;1H. The fourth-order valence-corrected chi connectivity index (χ4v) is 3.16. The van der Waals surface area contributed by atoms with E-state index in [4.69, 9.17) is 0 Å². The molecule has 2 aliphatic heterocycles. The first-order valence-corrected chi connectivity index (χ1v) is 6.87. The summed E-state index contributed by atoms with van der Waals surface area (Å²) >= 11 is 0. The number of rotatable bonds is 1. The summed E-state index contributed by atoms with van der Waals surface area (Å²) in [5.41, 5.74) is 3.93. The van der Waals surface area contributed by atoms with Crippen LogP contribution in [0.3, 0.4) is 0 Å². The van der Waals surface area contributed by atoms with Crippen molar-refractivity contribution in [2.45, 2.75) is 32.1 Å². The van der Waals surface area contributed by atoms with Crippen LogP contribution in [0.25, 0.3) is 0 Å². The van der Waals surface area contributed by atoms with Crippen molar-refractivity contribution in [3.05, 3.63) is 29.3 Å². The maximum absolute atomic E-state index is 11.5. The summed E-state index contributed by atoms with van der Waals surface area (Å²) in [5, 5.41) is 3.41. The normalized spacial score (nSPS) is 18.9. The maximum Gasteiger partial charge on any atom is 0.223 e. The lowest BCUT2D eigenvalue weighted by atomic mass is 9.89. The van der Waals surface area contributed by atoms with Crippen LogP contribution >= 0.6 is 12.4 Å². The van der Waals surface area contributed by atoms with Crippen LogP contribution in [-0.2, 0) is 11.2 Å². The largest absolute Gasteiger partial charge is 0.317 e. The fourth-order valence-electron chi connectivity index (χ4n) is 3.16. The van der Waals surface area contributed by atoms with Gasteiger partial charge in [-0.25, -0.2) is 0 Å². The molecule has 19 heavy (non-hydrogen) atoms. The van der Waals surface area contributed by atoms with Crippen molar-refractivity contribution < 1.29 is 4.79 Å². The Labute approximate surface area is 120 Å². The highest BCUT2D eigenvalue weighted by molar-refractivity contribution is 5.93. The number of hydrogen-bond donors (Lipinski definition) is 1. The Hall–Kier alpha value is -1.06. The van der Waals surface area contributed by atoms with Crippen molar-refractivity contribution in [2.24, 2.45) is 0 Å². The van der Waals surface area contributed by atoms with Crippen molar-refractivity contribution in [3.63, 3.8) is 0 Å². The van der Waals surface area contributed by atoms with Crippen molar-refractivity contribution in [3.8, 4) is 0 Å². The van der Waals surface area contributed by atoms with Gasteiger partial charge in [-0.05, 0) is 55.5 Å². The van der Waals surface area contributed by atoms with E-state index in [0.29, 0.717) is 5.92 Å². The van der Waals surface area contributed by atoms with Crippen LogP contribution in [0.4, 0.5) is 5.69 Å². The summed E-state index contributed by atoms with van der Waals surface area (Å²) in [6.45, 7) is 4.75. The van der Waals surface area contributed by atoms with E-state index in [9.17, 15) is 4.79 Å². The third-order valence-electron chi connectivity index (χ3n) is 4.19. The van der Waals surface area contributed by atoms with Gasteiger partial charge in [0.1, 0.15) is 0 Å². The minimum atomic E-state index is 0. The van der Waals surface area contributed by atoms with Gasteiger partial charge in [0.2, 0.25) is 5.91 Å². The highest BCUT2D eigenvalue weighted by atomic mass is 35.5. The molecule has 1 saturated heterocycles. The molecule has 1 amide bonds. The van der Waals surface area contributed by atoms with Gasteiger partial charge in [-0.3, -0.25) is 4.79 Å². The topological polar surface area (TPSA) is 32.3 Å². The van der Waals surface area contributed by atoms with Crippen molar-refractivity contribution in [2.75, 3.05) is 24.5 Å². The molecular weight excluding hydrogens is 260 g/mol. The first-order chi connectivity index (χ1) is 8.75. The van der Waals surface area contributed by atoms with Gasteiger partial charge in [0.15, 0.2) is 0 Å². The number of benzene rings is 1. The average molecular weight is 281 g/mol. The fraction of sp³-hybridized carbons (Fsp3) is 0.533. The zero-order valence-corrected chi connectivity index (χ0v) is 12.1. The Balaban J connectivity index is 0.00000133. The number of carbonyl (C=O) groups excluding carboxylic acids is 1. The molecule has 2 aliphatic rings. The second-order valence-electron chi connectivity index (χ2n) is 5.33. The Kier molecular flexibility index (Phi) is 4.48. The second kappa shape index (κ2) is 5.93. The van der Waals surface area contributed by atoms with Gasteiger partial charge in [0.25, 0.3) is 0 Å². The van der Waals surface area contributed by atoms with Gasteiger partial charge in [0.05, 0.1) is 0 Å². The van der Waals surface area contributed by atoms with Gasteiger partial charge in [-0.15, -0.1) is 12.4 Å². The minimum absolute atomic E-state index is 0. The summed E-state index contributed by atoms with van der Waals surface area (Å²) in [5.74, 6) is 0.853. The van der Waals surface area contributed by atoms with Gasteiger partial charge in [-0.1, -0.05) is 12.1 Å². The first kappa shape index (κ1) is 14.4. The molecule has 0 unspecified atom stereocenters. The summed E-state index contributed by atoms with van der Waals surface area (Å²) in [4.78, 5) is 13.4. The number of hydrogen-bond acceptors (Lipinski definition) is 2. The summed E-state index contributed by atoms with van der Waals surface area (Å²) < 4.78 is 0. The van der Waals surface area contributed by atoms with Crippen LogP contribution < -0.4 is 10.2 Å². The molecule has 1 aromatic carbocycles. The van der Waals surface area contributed by atoms with E-state index in [-0.39, 0.29) is 18.3 Å². The maximum atomic E-state index is 11.5. The average Bonchev–Trinajstić information content (AvgIpc) is 2.82. The molecule has 0 aliphatic carbocycles. The molecule has 0 atom stereocenters. The molecule has 3 nitrogen and oxygen atoms in total. The van der Waals surface area contributed by atoms with Crippen molar-refractivity contribution >= 4 is 24.0 Å². The van der Waals surface area contributed by atoms with E-state index in [1.54, 1.807) is 6.92 Å². The van der Waals surface area contributed by atoms with Crippen LogP contribution in [0.2, 0.25) is 0 Å². The second-order valence-corrected chi connectivity index (χ2v) is 5.33. The third-order valence-corrected chi connectivity index (χ3v) is 4.19. The smallest absolute Gasteiger partial charge is 0.223 e. The number of nitrogens with zero attached hydrogens (tertiary/aromatic N) is 1. The molecule has 3 rings (SSSR count). The molecule has 0 radical (unpaired) electrons. The highest BCUT2D eigenvalue weighted by Gasteiger charge is 2.23. The van der Waals surface area contributed by atoms with Crippen LogP contribution in [0.5, 0.6) is 0 Å². The van der Waals surface area contributed by atoms with E-state index in [1.807, 2.05) is 4.90 Å². The van der Waals surface area contributed by atoms with E-state index in [0.717, 1.165) is 31.7 Å². The molecular formula is C15H21ClN2O. The van der Waals surface area contributed by atoms with E-state index in [2.05, 4.69) is 23.5 Å². The van der Waals surface area contributed by atoms with E-state index >= 15 is 0 Å². The summed E-state index contributed by atoms with van der Waals surface area (Å²) in [6.07, 6.45) is 3.47. The number of carbonyl (C=O) groups is 1. The monoisotopic (exact) mass is 280 g/mol. The van der Waals surface area contributed by atoms with Crippen molar-refractivity contribution in [1.29, 1.82) is 0 Å². The van der Waals surface area contributed by atoms with Crippen LogP contribution in [0.15, 0.2) is 18.2 Å². The lowest BCUT2D eigenvalue weighted by molar-refractivity contribution is -0.116. The molecule has 2 heterocycles. The van der Waals surface area contributed by atoms with E-state index in [1.165, 1.54) is 24.0 Å². The van der Waals surface area contributed by atoms with E-state index < -0.39 is 0 Å². The Morgan fingerprint density at radius 3 is 2.74 bits per heavy atom. The lowest BCUT2D eigenvalue weighted by Crippen LogP contribution is -2.27. The quantitative estimate of drug-likeness (QED) is 0.857. The lowest BCUT2D eigenvalue weighted by Gasteiger charge is -2.24.